The van der Waals surface area contributed by atoms with E-state index in [2.05, 4.69) is 20.1 Å². The Hall–Kier alpha value is -4.25. The molecule has 0 fully saturated rings. The maximum absolute atomic E-state index is 13.0. The van der Waals surface area contributed by atoms with E-state index in [9.17, 15) is 9.59 Å². The van der Waals surface area contributed by atoms with Gasteiger partial charge in [-0.1, -0.05) is 17.3 Å². The number of carbonyl (C=O) groups is 1. The molecule has 2 aromatic carbocycles. The van der Waals surface area contributed by atoms with Gasteiger partial charge in [-0.25, -0.2) is 4.98 Å². The lowest BCUT2D eigenvalue weighted by Crippen LogP contribution is -2.34. The van der Waals surface area contributed by atoms with Crippen LogP contribution >= 0.6 is 0 Å². The van der Waals surface area contributed by atoms with E-state index in [1.165, 1.54) is 0 Å². The number of nitrogens with zero attached hydrogens (tertiary/aromatic N) is 4. The number of carbonyl (C=O) groups excluding carboxylic acids is 1. The molecular formula is C25H27N5O6. The zero-order valence-corrected chi connectivity index (χ0v) is 20.3. The number of H-pyrrole nitrogens is 1. The third kappa shape index (κ3) is 5.69. The highest BCUT2D eigenvalue weighted by molar-refractivity contribution is 5.78. The maximum Gasteiger partial charge on any atom is 0.258 e. The normalized spacial score (nSPS) is 11.0. The first-order valence-corrected chi connectivity index (χ1v) is 11.3. The molecule has 4 aromatic rings. The van der Waals surface area contributed by atoms with Crippen LogP contribution in [0.25, 0.3) is 22.3 Å². The van der Waals surface area contributed by atoms with Crippen LogP contribution < -0.4 is 15.0 Å². The van der Waals surface area contributed by atoms with Crippen LogP contribution in [0.15, 0.2) is 51.8 Å². The summed E-state index contributed by atoms with van der Waals surface area (Å²) in [6, 6.07) is 12.4. The van der Waals surface area contributed by atoms with E-state index >= 15 is 0 Å². The molecule has 0 aliphatic heterocycles. The lowest BCUT2D eigenvalue weighted by atomic mass is 10.2. The minimum Gasteiger partial charge on any atom is -0.493 e. The average Bonchev–Trinajstić information content (AvgIpc) is 3.38. The summed E-state index contributed by atoms with van der Waals surface area (Å²) in [4.78, 5) is 38.7. The third-order valence-corrected chi connectivity index (χ3v) is 5.58. The molecule has 0 saturated heterocycles. The van der Waals surface area contributed by atoms with Gasteiger partial charge >= 0.3 is 0 Å². The zero-order chi connectivity index (χ0) is 25.5. The quantitative estimate of drug-likeness (QED) is 0.335. The second-order valence-corrected chi connectivity index (χ2v) is 7.92. The highest BCUT2D eigenvalue weighted by atomic mass is 16.5. The minimum absolute atomic E-state index is 0.134. The molecule has 2 aromatic heterocycles. The molecule has 0 bridgehead atoms. The number of rotatable bonds is 11. The van der Waals surface area contributed by atoms with Crippen LogP contribution in [0, 0.1) is 0 Å². The Morgan fingerprint density at radius 1 is 1.06 bits per heavy atom. The lowest BCUT2D eigenvalue weighted by molar-refractivity contribution is -0.132. The van der Waals surface area contributed by atoms with Crippen LogP contribution in [-0.4, -0.2) is 65.4 Å². The molecular weight excluding hydrogens is 466 g/mol. The van der Waals surface area contributed by atoms with Gasteiger partial charge in [0.2, 0.25) is 17.6 Å². The molecule has 188 valence electrons. The Bertz CT molecular complexity index is 1400. The molecule has 0 atom stereocenters. The standard InChI is InChI=1S/C25H27N5O6/c1-33-13-12-30(15-21-26-18-7-5-4-6-17(18)25(32)27-21)23(31)11-10-22-28-24(29-36-22)16-8-9-19(34-2)20(14-16)35-3/h4-9,14H,10-13,15H2,1-3H3,(H,26,27,32). The second kappa shape index (κ2) is 11.5. The van der Waals surface area contributed by atoms with Gasteiger partial charge in [0.05, 0.1) is 38.3 Å². The van der Waals surface area contributed by atoms with Gasteiger partial charge in [-0.15, -0.1) is 0 Å². The summed E-state index contributed by atoms with van der Waals surface area (Å²) in [7, 11) is 4.67. The smallest absolute Gasteiger partial charge is 0.258 e. The minimum atomic E-state index is -0.247. The molecule has 11 heteroatoms. The number of fused-ring (bicyclic) bond motifs is 1. The molecule has 36 heavy (non-hydrogen) atoms. The van der Waals surface area contributed by atoms with Crippen LogP contribution in [0.4, 0.5) is 0 Å². The Labute approximate surface area is 207 Å². The number of para-hydroxylation sites is 1. The molecule has 0 saturated carbocycles. The fourth-order valence-electron chi connectivity index (χ4n) is 3.70. The number of ether oxygens (including phenoxy) is 3. The molecule has 0 spiro atoms. The van der Waals surface area contributed by atoms with Gasteiger partial charge in [0.25, 0.3) is 5.56 Å². The van der Waals surface area contributed by atoms with Crippen LogP contribution in [0.2, 0.25) is 0 Å². The molecule has 0 aliphatic rings. The van der Waals surface area contributed by atoms with Crippen LogP contribution in [0.5, 0.6) is 11.5 Å². The monoisotopic (exact) mass is 493 g/mol. The number of aromatic amines is 1. The van der Waals surface area contributed by atoms with E-state index in [0.717, 1.165) is 0 Å². The largest absolute Gasteiger partial charge is 0.493 e. The van der Waals surface area contributed by atoms with Crippen molar-refractivity contribution in [3.8, 4) is 22.9 Å². The summed E-state index contributed by atoms with van der Waals surface area (Å²) < 4.78 is 21.1. The number of amides is 1. The van der Waals surface area contributed by atoms with Gasteiger partial charge in [0.15, 0.2) is 11.5 Å². The second-order valence-electron chi connectivity index (χ2n) is 7.92. The molecule has 1 amide bonds. The van der Waals surface area contributed by atoms with Crippen molar-refractivity contribution in [1.29, 1.82) is 0 Å². The number of aryl methyl sites for hydroxylation is 1. The summed E-state index contributed by atoms with van der Waals surface area (Å²) in [5.41, 5.74) is 1.02. The van der Waals surface area contributed by atoms with Crippen molar-refractivity contribution in [2.45, 2.75) is 19.4 Å². The van der Waals surface area contributed by atoms with Crippen molar-refractivity contribution in [3.05, 3.63) is 64.5 Å². The van der Waals surface area contributed by atoms with Crippen LogP contribution in [-0.2, 0) is 22.5 Å². The molecule has 11 nitrogen and oxygen atoms in total. The summed E-state index contributed by atoms with van der Waals surface area (Å²) >= 11 is 0. The van der Waals surface area contributed by atoms with E-state index in [4.69, 9.17) is 18.7 Å². The fourth-order valence-corrected chi connectivity index (χ4v) is 3.70. The first-order chi connectivity index (χ1) is 17.5. The van der Waals surface area contributed by atoms with Gasteiger partial charge in [-0.3, -0.25) is 9.59 Å². The predicted octanol–water partition coefficient (Wildman–Crippen LogP) is 2.60. The van der Waals surface area contributed by atoms with E-state index < -0.39 is 0 Å². The van der Waals surface area contributed by atoms with E-state index in [0.29, 0.717) is 58.7 Å². The fraction of sp³-hybridized carbons (Fsp3) is 0.320. The first-order valence-electron chi connectivity index (χ1n) is 11.3. The number of aromatic nitrogens is 4. The lowest BCUT2D eigenvalue weighted by Gasteiger charge is -2.21. The SMILES string of the molecule is COCCN(Cc1nc2ccccc2c(=O)[nH]1)C(=O)CCc1nc(-c2ccc(OC)c(OC)c2)no1. The summed E-state index contributed by atoms with van der Waals surface area (Å²) in [6.45, 7) is 0.823. The number of hydrogen-bond donors (Lipinski definition) is 1. The topological polar surface area (TPSA) is 133 Å². The van der Waals surface area contributed by atoms with Gasteiger partial charge < -0.3 is 28.6 Å². The van der Waals surface area contributed by atoms with E-state index in [1.807, 2.05) is 6.07 Å². The third-order valence-electron chi connectivity index (χ3n) is 5.58. The van der Waals surface area contributed by atoms with Crippen molar-refractivity contribution in [1.82, 2.24) is 25.0 Å². The van der Waals surface area contributed by atoms with Gasteiger partial charge in [0, 0.05) is 32.1 Å². The zero-order valence-electron chi connectivity index (χ0n) is 20.3. The van der Waals surface area contributed by atoms with Crippen LogP contribution in [0.1, 0.15) is 18.1 Å². The molecule has 2 heterocycles. The number of hydrogen-bond acceptors (Lipinski definition) is 9. The Balaban J connectivity index is 1.44. The first kappa shape index (κ1) is 24.9. The molecule has 4 rings (SSSR count). The number of nitrogens with one attached hydrogen (secondary N) is 1. The summed E-state index contributed by atoms with van der Waals surface area (Å²) in [5, 5.41) is 4.52. The summed E-state index contributed by atoms with van der Waals surface area (Å²) in [6.07, 6.45) is 0.388. The van der Waals surface area contributed by atoms with Crippen molar-refractivity contribution >= 4 is 16.8 Å². The van der Waals surface area contributed by atoms with Gasteiger partial charge in [-0.05, 0) is 30.3 Å². The Morgan fingerprint density at radius 2 is 1.86 bits per heavy atom. The highest BCUT2D eigenvalue weighted by Gasteiger charge is 2.18. The highest BCUT2D eigenvalue weighted by Crippen LogP contribution is 2.31. The van der Waals surface area contributed by atoms with Crippen molar-refractivity contribution in [3.63, 3.8) is 0 Å². The number of methoxy groups -OCH3 is 3. The Kier molecular flexibility index (Phi) is 7.91. The molecule has 1 N–H and O–H groups in total. The molecule has 0 unspecified atom stereocenters. The van der Waals surface area contributed by atoms with Crippen molar-refractivity contribution in [2.24, 2.45) is 0 Å². The van der Waals surface area contributed by atoms with Gasteiger partial charge in [-0.2, -0.15) is 4.98 Å². The molecule has 0 aliphatic carbocycles. The van der Waals surface area contributed by atoms with E-state index in [-0.39, 0.29) is 30.9 Å². The predicted molar refractivity (Wildman–Crippen MR) is 131 cm³/mol. The van der Waals surface area contributed by atoms with E-state index in [1.54, 1.807) is 62.6 Å². The summed E-state index contributed by atoms with van der Waals surface area (Å²) in [5.74, 6) is 2.09. The Morgan fingerprint density at radius 3 is 2.64 bits per heavy atom. The van der Waals surface area contributed by atoms with Gasteiger partial charge in [0.1, 0.15) is 5.82 Å². The van der Waals surface area contributed by atoms with Crippen molar-refractivity contribution in [2.75, 3.05) is 34.5 Å². The molecule has 0 radical (unpaired) electrons. The van der Waals surface area contributed by atoms with Crippen LogP contribution in [0.3, 0.4) is 0 Å². The maximum atomic E-state index is 13.0. The van der Waals surface area contributed by atoms with Crippen molar-refractivity contribution < 1.29 is 23.5 Å². The average molecular weight is 494 g/mol. The number of benzene rings is 2.